The van der Waals surface area contributed by atoms with Crippen LogP contribution in [-0.2, 0) is 4.79 Å². The smallest absolute Gasteiger partial charge is 0.339 e. The van der Waals surface area contributed by atoms with Crippen LogP contribution in [0.25, 0.3) is 5.69 Å². The van der Waals surface area contributed by atoms with Gasteiger partial charge in [-0.05, 0) is 24.3 Å². The Morgan fingerprint density at radius 3 is 2.41 bits per heavy atom. The Balaban J connectivity index is 2.01. The van der Waals surface area contributed by atoms with Gasteiger partial charge in [-0.15, -0.1) is 0 Å². The van der Waals surface area contributed by atoms with Gasteiger partial charge < -0.3 is 29.2 Å². The first-order valence-corrected chi connectivity index (χ1v) is 9.72. The number of aromatic carboxylic acids is 1. The molecule has 3 aromatic rings. The van der Waals surface area contributed by atoms with Crippen molar-refractivity contribution in [1.82, 2.24) is 4.57 Å². The van der Waals surface area contributed by atoms with Gasteiger partial charge in [-0.2, -0.15) is 0 Å². The van der Waals surface area contributed by atoms with Crippen LogP contribution in [0, 0.1) is 5.82 Å². The minimum absolute atomic E-state index is 0.0250. The van der Waals surface area contributed by atoms with E-state index in [0.29, 0.717) is 34.2 Å². The molecule has 166 valence electrons. The number of aromatic nitrogens is 1. The van der Waals surface area contributed by atoms with E-state index in [1.807, 2.05) is 0 Å². The van der Waals surface area contributed by atoms with Crippen molar-refractivity contribution >= 4 is 17.6 Å². The number of carbonyl (C=O) groups is 2. The fourth-order valence-electron chi connectivity index (χ4n) is 4.05. The van der Waals surface area contributed by atoms with Gasteiger partial charge in [-0.25, -0.2) is 9.18 Å². The molecule has 2 heterocycles. The molecule has 9 heteroatoms. The SMILES string of the molecule is COc1cc(OC)c([C@H]2CC(=O)Nc3c(C(=O)O)cn(-c4cccc(F)c4)c32)cc1OC. The third kappa shape index (κ3) is 3.51. The zero-order valence-corrected chi connectivity index (χ0v) is 17.6. The van der Waals surface area contributed by atoms with Crippen LogP contribution in [0.1, 0.15) is 34.0 Å². The summed E-state index contributed by atoms with van der Waals surface area (Å²) in [5.74, 6) is -1.31. The molecule has 4 rings (SSSR count). The first kappa shape index (κ1) is 21.2. The lowest BCUT2D eigenvalue weighted by Gasteiger charge is -2.28. The van der Waals surface area contributed by atoms with Crippen LogP contribution in [0.2, 0.25) is 0 Å². The average molecular weight is 440 g/mol. The van der Waals surface area contributed by atoms with Crippen LogP contribution in [0.15, 0.2) is 42.6 Å². The summed E-state index contributed by atoms with van der Waals surface area (Å²) < 4.78 is 31.9. The molecule has 1 atom stereocenters. The van der Waals surface area contributed by atoms with E-state index in [4.69, 9.17) is 14.2 Å². The Hall–Kier alpha value is -4.01. The van der Waals surface area contributed by atoms with E-state index in [-0.39, 0.29) is 23.6 Å². The number of ether oxygens (including phenoxy) is 3. The molecule has 0 unspecified atom stereocenters. The number of fused-ring (bicyclic) bond motifs is 1. The normalized spacial score (nSPS) is 15.0. The van der Waals surface area contributed by atoms with Crippen LogP contribution in [0.4, 0.5) is 10.1 Å². The monoisotopic (exact) mass is 440 g/mol. The molecule has 1 aromatic heterocycles. The van der Waals surface area contributed by atoms with Gasteiger partial charge in [0.05, 0.1) is 32.7 Å². The Morgan fingerprint density at radius 2 is 1.78 bits per heavy atom. The second-order valence-corrected chi connectivity index (χ2v) is 7.21. The summed E-state index contributed by atoms with van der Waals surface area (Å²) in [6, 6.07) is 9.14. The molecule has 0 aliphatic carbocycles. The number of hydrogen-bond donors (Lipinski definition) is 2. The number of rotatable bonds is 6. The summed E-state index contributed by atoms with van der Waals surface area (Å²) in [5.41, 5.74) is 1.60. The van der Waals surface area contributed by atoms with E-state index < -0.39 is 17.7 Å². The Morgan fingerprint density at radius 1 is 1.09 bits per heavy atom. The lowest BCUT2D eigenvalue weighted by atomic mass is 9.87. The van der Waals surface area contributed by atoms with Gasteiger partial charge in [-0.3, -0.25) is 4.79 Å². The van der Waals surface area contributed by atoms with Crippen LogP contribution in [0.3, 0.4) is 0 Å². The van der Waals surface area contributed by atoms with Crippen LogP contribution in [0.5, 0.6) is 17.2 Å². The molecular formula is C23H21FN2O6. The highest BCUT2D eigenvalue weighted by Crippen LogP contribution is 2.47. The first-order chi connectivity index (χ1) is 15.4. The van der Waals surface area contributed by atoms with Crippen molar-refractivity contribution in [3.8, 4) is 22.9 Å². The second-order valence-electron chi connectivity index (χ2n) is 7.21. The molecule has 32 heavy (non-hydrogen) atoms. The second kappa shape index (κ2) is 8.26. The molecular weight excluding hydrogens is 419 g/mol. The van der Waals surface area contributed by atoms with E-state index in [2.05, 4.69) is 5.32 Å². The highest BCUT2D eigenvalue weighted by atomic mass is 19.1. The zero-order chi connectivity index (χ0) is 23.0. The number of carboxylic acid groups (broad SMARTS) is 1. The molecule has 8 nitrogen and oxygen atoms in total. The highest BCUT2D eigenvalue weighted by molar-refractivity contribution is 6.04. The van der Waals surface area contributed by atoms with Crippen molar-refractivity contribution in [3.05, 3.63) is 65.2 Å². The predicted octanol–water partition coefficient (Wildman–Crippen LogP) is 3.81. The van der Waals surface area contributed by atoms with Crippen LogP contribution in [-0.4, -0.2) is 42.9 Å². The highest BCUT2D eigenvalue weighted by Gasteiger charge is 2.36. The molecule has 0 saturated carbocycles. The van der Waals surface area contributed by atoms with Gasteiger partial charge in [0, 0.05) is 35.9 Å². The maximum atomic E-state index is 14.0. The first-order valence-electron chi connectivity index (χ1n) is 9.72. The summed E-state index contributed by atoms with van der Waals surface area (Å²) in [6.07, 6.45) is 1.41. The van der Waals surface area contributed by atoms with E-state index >= 15 is 0 Å². The van der Waals surface area contributed by atoms with Gasteiger partial charge >= 0.3 is 5.97 Å². The number of benzene rings is 2. The summed E-state index contributed by atoms with van der Waals surface area (Å²) in [5, 5.41) is 12.4. The Bertz CT molecular complexity index is 1220. The van der Waals surface area contributed by atoms with E-state index in [1.54, 1.807) is 22.8 Å². The maximum Gasteiger partial charge on any atom is 0.339 e. The van der Waals surface area contributed by atoms with Gasteiger partial charge in [0.1, 0.15) is 17.1 Å². The number of hydrogen-bond acceptors (Lipinski definition) is 5. The molecule has 0 spiro atoms. The number of carbonyl (C=O) groups excluding carboxylic acids is 1. The third-order valence-corrected chi connectivity index (χ3v) is 5.46. The van der Waals surface area contributed by atoms with Crippen molar-refractivity contribution < 1.29 is 33.3 Å². The predicted molar refractivity (Wildman–Crippen MR) is 114 cm³/mol. The summed E-state index contributed by atoms with van der Waals surface area (Å²) >= 11 is 0. The minimum Gasteiger partial charge on any atom is -0.496 e. The molecule has 2 aromatic carbocycles. The fraction of sp³-hybridized carbons (Fsp3) is 0.217. The molecule has 1 aliphatic rings. The summed E-state index contributed by atoms with van der Waals surface area (Å²) in [4.78, 5) is 24.5. The van der Waals surface area contributed by atoms with Crippen LogP contribution < -0.4 is 19.5 Å². The molecule has 0 saturated heterocycles. The number of nitrogens with zero attached hydrogens (tertiary/aromatic N) is 1. The number of anilines is 1. The minimum atomic E-state index is -1.21. The van der Waals surface area contributed by atoms with Crippen molar-refractivity contribution in [2.24, 2.45) is 0 Å². The largest absolute Gasteiger partial charge is 0.496 e. The van der Waals surface area contributed by atoms with Crippen molar-refractivity contribution in [3.63, 3.8) is 0 Å². The fourth-order valence-corrected chi connectivity index (χ4v) is 4.05. The molecule has 2 N–H and O–H groups in total. The standard InChI is InChI=1S/C23H21FN2O6/c1-30-17-10-19(32-3)18(31-2)8-14(17)15-9-20(27)25-21-16(23(28)29)11-26(22(15)21)13-6-4-5-12(24)7-13/h4-8,10-11,15H,9H2,1-3H3,(H,25,27)(H,28,29)/t15-/m1/s1. The van der Waals surface area contributed by atoms with Gasteiger partial charge in [-0.1, -0.05) is 6.07 Å². The van der Waals surface area contributed by atoms with Crippen molar-refractivity contribution in [2.45, 2.75) is 12.3 Å². The van der Waals surface area contributed by atoms with Gasteiger partial charge in [0.25, 0.3) is 0 Å². The topological polar surface area (TPSA) is 99.0 Å². The Labute approximate surface area is 183 Å². The van der Waals surface area contributed by atoms with E-state index in [9.17, 15) is 19.1 Å². The van der Waals surface area contributed by atoms with Crippen LogP contribution >= 0.6 is 0 Å². The molecule has 1 amide bonds. The quantitative estimate of drug-likeness (QED) is 0.605. The molecule has 0 fully saturated rings. The lowest BCUT2D eigenvalue weighted by Crippen LogP contribution is -2.26. The molecule has 1 aliphatic heterocycles. The van der Waals surface area contributed by atoms with E-state index in [1.165, 1.54) is 45.7 Å². The number of amides is 1. The summed E-state index contributed by atoms with van der Waals surface area (Å²) in [7, 11) is 4.48. The number of methoxy groups -OCH3 is 3. The van der Waals surface area contributed by atoms with Crippen molar-refractivity contribution in [1.29, 1.82) is 0 Å². The zero-order valence-electron chi connectivity index (χ0n) is 17.6. The van der Waals surface area contributed by atoms with Gasteiger partial charge in [0.15, 0.2) is 11.5 Å². The Kier molecular flexibility index (Phi) is 5.48. The molecule has 0 radical (unpaired) electrons. The van der Waals surface area contributed by atoms with Crippen molar-refractivity contribution in [2.75, 3.05) is 26.6 Å². The van der Waals surface area contributed by atoms with E-state index in [0.717, 1.165) is 0 Å². The summed E-state index contributed by atoms with van der Waals surface area (Å²) in [6.45, 7) is 0. The van der Waals surface area contributed by atoms with Gasteiger partial charge in [0.2, 0.25) is 5.91 Å². The lowest BCUT2D eigenvalue weighted by molar-refractivity contribution is -0.116. The number of halogens is 1. The maximum absolute atomic E-state index is 14.0. The number of carboxylic acids is 1. The third-order valence-electron chi connectivity index (χ3n) is 5.46. The molecule has 0 bridgehead atoms. The number of nitrogens with one attached hydrogen (secondary N) is 1. The average Bonchev–Trinajstić information content (AvgIpc) is 3.17.